The molecule has 0 saturated carbocycles. The van der Waals surface area contributed by atoms with Crippen LogP contribution in [0.15, 0.2) is 24.3 Å². The SMILES string of the molecule is C=C(C)CNC(=O)Nc1c(C)cc(C)cc1C(=O)O. The van der Waals surface area contributed by atoms with E-state index in [-0.39, 0.29) is 5.56 Å². The molecule has 102 valence electrons. The molecule has 5 nitrogen and oxygen atoms in total. The lowest BCUT2D eigenvalue weighted by molar-refractivity contribution is 0.0698. The number of aryl methyl sites for hydroxylation is 2. The maximum atomic E-state index is 11.7. The van der Waals surface area contributed by atoms with Crippen LogP contribution in [-0.2, 0) is 0 Å². The van der Waals surface area contributed by atoms with E-state index in [0.29, 0.717) is 17.8 Å². The number of carbonyl (C=O) groups excluding carboxylic acids is 1. The number of rotatable bonds is 4. The number of aromatic carboxylic acids is 1. The Kier molecular flexibility index (Phi) is 4.69. The third kappa shape index (κ3) is 4.13. The first-order valence-corrected chi connectivity index (χ1v) is 5.85. The Morgan fingerprint density at radius 3 is 2.47 bits per heavy atom. The van der Waals surface area contributed by atoms with E-state index in [1.54, 1.807) is 13.8 Å². The molecule has 1 aromatic rings. The van der Waals surface area contributed by atoms with Gasteiger partial charge in [0, 0.05) is 6.54 Å². The molecule has 0 aromatic heterocycles. The van der Waals surface area contributed by atoms with Crippen molar-refractivity contribution >= 4 is 17.7 Å². The summed E-state index contributed by atoms with van der Waals surface area (Å²) < 4.78 is 0. The molecule has 0 radical (unpaired) electrons. The molecule has 0 unspecified atom stereocenters. The predicted octanol–water partition coefficient (Wildman–Crippen LogP) is 2.70. The molecular formula is C14H18N2O3. The van der Waals surface area contributed by atoms with Crippen LogP contribution in [-0.4, -0.2) is 23.7 Å². The second kappa shape index (κ2) is 6.04. The smallest absolute Gasteiger partial charge is 0.337 e. The van der Waals surface area contributed by atoms with Gasteiger partial charge in [-0.25, -0.2) is 9.59 Å². The standard InChI is InChI=1S/C14H18N2O3/c1-8(2)7-15-14(19)16-12-10(4)5-9(3)6-11(12)13(17)18/h5-6H,1,7H2,2-4H3,(H,17,18)(H2,15,16,19). The summed E-state index contributed by atoms with van der Waals surface area (Å²) >= 11 is 0. The normalized spacial score (nSPS) is 9.84. The van der Waals surface area contributed by atoms with E-state index >= 15 is 0 Å². The molecule has 19 heavy (non-hydrogen) atoms. The summed E-state index contributed by atoms with van der Waals surface area (Å²) in [7, 11) is 0. The van der Waals surface area contributed by atoms with Crippen molar-refractivity contribution in [3.05, 3.63) is 41.0 Å². The van der Waals surface area contributed by atoms with E-state index in [0.717, 1.165) is 11.1 Å². The van der Waals surface area contributed by atoms with E-state index in [2.05, 4.69) is 17.2 Å². The quantitative estimate of drug-likeness (QED) is 0.730. The molecule has 0 fully saturated rings. The van der Waals surface area contributed by atoms with Crippen LogP contribution in [0.4, 0.5) is 10.5 Å². The van der Waals surface area contributed by atoms with Crippen molar-refractivity contribution in [1.82, 2.24) is 5.32 Å². The fourth-order valence-corrected chi connectivity index (χ4v) is 1.69. The second-order valence-corrected chi connectivity index (χ2v) is 4.57. The van der Waals surface area contributed by atoms with Crippen LogP contribution in [0.5, 0.6) is 0 Å². The molecule has 5 heteroatoms. The van der Waals surface area contributed by atoms with Gasteiger partial charge in [0.1, 0.15) is 0 Å². The van der Waals surface area contributed by atoms with Crippen LogP contribution in [0.2, 0.25) is 0 Å². The lowest BCUT2D eigenvalue weighted by Gasteiger charge is -2.13. The highest BCUT2D eigenvalue weighted by atomic mass is 16.4. The molecule has 1 rings (SSSR count). The molecule has 2 amide bonds. The number of hydrogen-bond donors (Lipinski definition) is 3. The maximum Gasteiger partial charge on any atom is 0.337 e. The van der Waals surface area contributed by atoms with Crippen LogP contribution in [0.1, 0.15) is 28.4 Å². The van der Waals surface area contributed by atoms with Crippen molar-refractivity contribution in [3.63, 3.8) is 0 Å². The minimum absolute atomic E-state index is 0.0861. The van der Waals surface area contributed by atoms with E-state index in [9.17, 15) is 9.59 Å². The van der Waals surface area contributed by atoms with Gasteiger partial charge in [0.25, 0.3) is 0 Å². The van der Waals surface area contributed by atoms with Gasteiger partial charge in [0.2, 0.25) is 0 Å². The Morgan fingerprint density at radius 1 is 1.32 bits per heavy atom. The van der Waals surface area contributed by atoms with Gasteiger partial charge in [0.05, 0.1) is 11.3 Å². The summed E-state index contributed by atoms with van der Waals surface area (Å²) in [5.41, 5.74) is 2.76. The number of urea groups is 1. The number of amides is 2. The first-order chi connectivity index (χ1) is 8.81. The van der Waals surface area contributed by atoms with Crippen LogP contribution < -0.4 is 10.6 Å². The lowest BCUT2D eigenvalue weighted by atomic mass is 10.0. The van der Waals surface area contributed by atoms with E-state index in [1.807, 2.05) is 13.0 Å². The van der Waals surface area contributed by atoms with Crippen molar-refractivity contribution in [3.8, 4) is 0 Å². The third-order valence-electron chi connectivity index (χ3n) is 2.50. The Labute approximate surface area is 112 Å². The monoisotopic (exact) mass is 262 g/mol. The highest BCUT2D eigenvalue weighted by Crippen LogP contribution is 2.22. The first-order valence-electron chi connectivity index (χ1n) is 5.85. The van der Waals surface area contributed by atoms with E-state index in [1.165, 1.54) is 6.07 Å². The third-order valence-corrected chi connectivity index (χ3v) is 2.50. The number of carboxylic acids is 1. The Bertz CT molecular complexity index is 536. The molecule has 0 saturated heterocycles. The summed E-state index contributed by atoms with van der Waals surface area (Å²) in [5, 5.41) is 14.3. The minimum atomic E-state index is -1.07. The zero-order valence-corrected chi connectivity index (χ0v) is 11.3. The van der Waals surface area contributed by atoms with Crippen molar-refractivity contribution in [2.75, 3.05) is 11.9 Å². The number of hydrogen-bond acceptors (Lipinski definition) is 2. The summed E-state index contributed by atoms with van der Waals surface area (Å²) in [5.74, 6) is -1.07. The summed E-state index contributed by atoms with van der Waals surface area (Å²) in [4.78, 5) is 22.9. The molecule has 0 aliphatic heterocycles. The van der Waals surface area contributed by atoms with E-state index < -0.39 is 12.0 Å². The zero-order valence-electron chi connectivity index (χ0n) is 11.3. The fraction of sp³-hybridized carbons (Fsp3) is 0.286. The Balaban J connectivity index is 2.97. The largest absolute Gasteiger partial charge is 0.478 e. The number of nitrogens with one attached hydrogen (secondary N) is 2. The van der Waals surface area contributed by atoms with Gasteiger partial charge in [-0.1, -0.05) is 18.2 Å². The van der Waals surface area contributed by atoms with Crippen LogP contribution in [0, 0.1) is 13.8 Å². The van der Waals surface area contributed by atoms with Crippen LogP contribution in [0.3, 0.4) is 0 Å². The number of anilines is 1. The molecule has 0 aliphatic rings. The predicted molar refractivity (Wildman–Crippen MR) is 74.7 cm³/mol. The molecule has 0 aliphatic carbocycles. The molecule has 0 atom stereocenters. The lowest BCUT2D eigenvalue weighted by Crippen LogP contribution is -2.30. The Morgan fingerprint density at radius 2 is 1.95 bits per heavy atom. The molecule has 0 heterocycles. The summed E-state index contributed by atoms with van der Waals surface area (Å²) in [6.45, 7) is 9.38. The second-order valence-electron chi connectivity index (χ2n) is 4.57. The van der Waals surface area contributed by atoms with Gasteiger partial charge in [-0.15, -0.1) is 0 Å². The molecular weight excluding hydrogens is 244 g/mol. The fourth-order valence-electron chi connectivity index (χ4n) is 1.69. The van der Waals surface area contributed by atoms with Crippen molar-refractivity contribution in [1.29, 1.82) is 0 Å². The average molecular weight is 262 g/mol. The molecule has 3 N–H and O–H groups in total. The average Bonchev–Trinajstić information content (AvgIpc) is 2.29. The summed E-state index contributed by atoms with van der Waals surface area (Å²) in [6.07, 6.45) is 0. The highest BCUT2D eigenvalue weighted by Gasteiger charge is 2.15. The summed E-state index contributed by atoms with van der Waals surface area (Å²) in [6, 6.07) is 2.90. The van der Waals surface area contributed by atoms with Crippen molar-refractivity contribution in [2.24, 2.45) is 0 Å². The Hall–Kier alpha value is -2.30. The van der Waals surface area contributed by atoms with Crippen LogP contribution in [0.25, 0.3) is 0 Å². The van der Waals surface area contributed by atoms with Gasteiger partial charge in [0.15, 0.2) is 0 Å². The number of benzene rings is 1. The number of carbonyl (C=O) groups is 2. The van der Waals surface area contributed by atoms with Crippen LogP contribution >= 0.6 is 0 Å². The molecule has 0 spiro atoms. The molecule has 1 aromatic carbocycles. The minimum Gasteiger partial charge on any atom is -0.478 e. The van der Waals surface area contributed by atoms with Gasteiger partial charge in [-0.3, -0.25) is 0 Å². The zero-order chi connectivity index (χ0) is 14.6. The van der Waals surface area contributed by atoms with Gasteiger partial charge >= 0.3 is 12.0 Å². The van der Waals surface area contributed by atoms with E-state index in [4.69, 9.17) is 5.11 Å². The molecule has 0 bridgehead atoms. The number of carboxylic acid groups (broad SMARTS) is 1. The van der Waals surface area contributed by atoms with Gasteiger partial charge in [-0.05, 0) is 38.0 Å². The van der Waals surface area contributed by atoms with Crippen molar-refractivity contribution in [2.45, 2.75) is 20.8 Å². The van der Waals surface area contributed by atoms with Crippen molar-refractivity contribution < 1.29 is 14.7 Å². The van der Waals surface area contributed by atoms with Gasteiger partial charge in [-0.2, -0.15) is 0 Å². The maximum absolute atomic E-state index is 11.7. The first kappa shape index (κ1) is 14.8. The topological polar surface area (TPSA) is 78.4 Å². The highest BCUT2D eigenvalue weighted by molar-refractivity contribution is 6.01. The van der Waals surface area contributed by atoms with Gasteiger partial charge < -0.3 is 15.7 Å².